The lowest BCUT2D eigenvalue weighted by Gasteiger charge is -2.03. The Bertz CT molecular complexity index is 319. The maximum atomic E-state index is 11.2. The highest BCUT2D eigenvalue weighted by molar-refractivity contribution is 7.82. The molecule has 1 aromatic rings. The Morgan fingerprint density at radius 2 is 2.00 bits per heavy atom. The zero-order valence-corrected chi connectivity index (χ0v) is 8.84. The van der Waals surface area contributed by atoms with E-state index in [1.54, 1.807) is 6.92 Å². The van der Waals surface area contributed by atoms with Crippen LogP contribution in [0.1, 0.15) is 12.5 Å². The molecule has 2 nitrogen and oxygen atoms in total. The average Bonchev–Trinajstić information content (AvgIpc) is 2.19. The second-order valence-electron chi connectivity index (χ2n) is 2.81. The Labute approximate surface area is 88.9 Å². The van der Waals surface area contributed by atoms with Gasteiger partial charge in [0.2, 0.25) is 0 Å². The molecule has 0 spiro atoms. The molecule has 0 aliphatic carbocycles. The molecule has 0 heterocycles. The molecule has 0 atom stereocenters. The Balaban J connectivity index is 2.53. The minimum absolute atomic E-state index is 0.332. The van der Waals surface area contributed by atoms with Crippen LogP contribution in [0.2, 0.25) is 0 Å². The van der Waals surface area contributed by atoms with Crippen molar-refractivity contribution in [3.05, 3.63) is 35.9 Å². The van der Waals surface area contributed by atoms with E-state index in [2.05, 4.69) is 0 Å². The van der Waals surface area contributed by atoms with Crippen molar-refractivity contribution in [1.82, 2.24) is 0 Å². The van der Waals surface area contributed by atoms with Gasteiger partial charge in [0.1, 0.15) is 4.86 Å². The van der Waals surface area contributed by atoms with E-state index >= 15 is 0 Å². The summed E-state index contributed by atoms with van der Waals surface area (Å²) in [6, 6.07) is 9.64. The van der Waals surface area contributed by atoms with Crippen molar-refractivity contribution >= 4 is 23.1 Å². The first-order valence-corrected chi connectivity index (χ1v) is 4.88. The van der Waals surface area contributed by atoms with E-state index < -0.39 is 0 Å². The molecule has 14 heavy (non-hydrogen) atoms. The molecular weight excluding hydrogens is 196 g/mol. The summed E-state index contributed by atoms with van der Waals surface area (Å²) in [6.07, 6.45) is 0.481. The molecule has 0 fully saturated rings. The zero-order valence-electron chi connectivity index (χ0n) is 8.03. The molecule has 0 N–H and O–H groups in total. The van der Waals surface area contributed by atoms with Gasteiger partial charge in [0.15, 0.2) is 0 Å². The summed E-state index contributed by atoms with van der Waals surface area (Å²) in [6.45, 7) is 2.14. The minimum atomic E-state index is -0.383. The number of carbonyl (C=O) groups excluding carboxylic acids is 1. The summed E-state index contributed by atoms with van der Waals surface area (Å²) < 4.78 is 4.80. The average molecular weight is 208 g/mol. The summed E-state index contributed by atoms with van der Waals surface area (Å²) in [7, 11) is 0. The van der Waals surface area contributed by atoms with Gasteiger partial charge in [-0.3, -0.25) is 0 Å². The van der Waals surface area contributed by atoms with Crippen molar-refractivity contribution in [2.45, 2.75) is 13.3 Å². The summed E-state index contributed by atoms with van der Waals surface area (Å²) in [5.41, 5.74) is 1.03. The molecule has 1 rings (SSSR count). The molecule has 0 aliphatic heterocycles. The van der Waals surface area contributed by atoms with Gasteiger partial charge in [0, 0.05) is 6.42 Å². The van der Waals surface area contributed by atoms with E-state index in [1.807, 2.05) is 30.3 Å². The lowest BCUT2D eigenvalue weighted by Crippen LogP contribution is -2.17. The van der Waals surface area contributed by atoms with Gasteiger partial charge in [0.05, 0.1) is 6.61 Å². The highest BCUT2D eigenvalue weighted by Crippen LogP contribution is 2.02. The minimum Gasteiger partial charge on any atom is -0.462 e. The normalized spacial score (nSPS) is 9.50. The topological polar surface area (TPSA) is 26.3 Å². The van der Waals surface area contributed by atoms with Crippen LogP contribution in [-0.2, 0) is 16.0 Å². The van der Waals surface area contributed by atoms with E-state index in [-0.39, 0.29) is 5.97 Å². The van der Waals surface area contributed by atoms with Crippen molar-refractivity contribution in [2.75, 3.05) is 6.61 Å². The van der Waals surface area contributed by atoms with Crippen molar-refractivity contribution in [3.63, 3.8) is 0 Å². The Morgan fingerprint density at radius 1 is 1.36 bits per heavy atom. The van der Waals surface area contributed by atoms with Crippen LogP contribution in [0.25, 0.3) is 0 Å². The smallest absolute Gasteiger partial charge is 0.345 e. The first-order chi connectivity index (χ1) is 6.74. The molecule has 74 valence electrons. The zero-order chi connectivity index (χ0) is 10.4. The monoisotopic (exact) mass is 208 g/mol. The third-order valence-corrected chi connectivity index (χ3v) is 2.02. The number of hydrogen-bond donors (Lipinski definition) is 0. The second kappa shape index (κ2) is 5.50. The highest BCUT2D eigenvalue weighted by atomic mass is 32.1. The molecule has 0 unspecified atom stereocenters. The molecule has 1 aromatic carbocycles. The molecule has 0 saturated heterocycles. The van der Waals surface area contributed by atoms with Crippen molar-refractivity contribution in [2.24, 2.45) is 0 Å². The largest absolute Gasteiger partial charge is 0.462 e. The molecule has 0 saturated carbocycles. The molecule has 0 amide bonds. The Kier molecular flexibility index (Phi) is 4.26. The summed E-state index contributed by atoms with van der Waals surface area (Å²) >= 11 is 4.95. The van der Waals surface area contributed by atoms with Gasteiger partial charge in [-0.05, 0) is 12.5 Å². The van der Waals surface area contributed by atoms with Crippen LogP contribution in [0.5, 0.6) is 0 Å². The first kappa shape index (κ1) is 10.9. The lowest BCUT2D eigenvalue weighted by molar-refractivity contribution is -0.134. The van der Waals surface area contributed by atoms with Crippen LogP contribution in [0.3, 0.4) is 0 Å². The van der Waals surface area contributed by atoms with Gasteiger partial charge >= 0.3 is 5.97 Å². The predicted octanol–water partition coefficient (Wildman–Crippen LogP) is 2.16. The Hall–Kier alpha value is -1.22. The SMILES string of the molecule is CCOC(=O)C(=S)Cc1ccccc1. The van der Waals surface area contributed by atoms with Crippen LogP contribution >= 0.6 is 12.2 Å². The van der Waals surface area contributed by atoms with E-state index in [0.717, 1.165) is 5.56 Å². The number of thiocarbonyl (C=S) groups is 1. The van der Waals surface area contributed by atoms with Gasteiger partial charge in [-0.2, -0.15) is 0 Å². The summed E-state index contributed by atoms with van der Waals surface area (Å²) in [5.74, 6) is -0.383. The van der Waals surface area contributed by atoms with Crippen LogP contribution in [0.4, 0.5) is 0 Å². The van der Waals surface area contributed by atoms with E-state index in [0.29, 0.717) is 17.9 Å². The molecule has 3 heteroatoms. The van der Waals surface area contributed by atoms with Gasteiger partial charge in [0.25, 0.3) is 0 Å². The molecule has 0 bridgehead atoms. The van der Waals surface area contributed by atoms with Gasteiger partial charge in [-0.15, -0.1) is 0 Å². The number of rotatable bonds is 4. The summed E-state index contributed by atoms with van der Waals surface area (Å²) in [4.78, 5) is 11.5. The molecule has 0 aliphatic rings. The van der Waals surface area contributed by atoms with Crippen LogP contribution in [-0.4, -0.2) is 17.4 Å². The fourth-order valence-corrected chi connectivity index (χ4v) is 1.29. The molecule has 0 aromatic heterocycles. The third-order valence-electron chi connectivity index (χ3n) is 1.71. The highest BCUT2D eigenvalue weighted by Gasteiger charge is 2.09. The van der Waals surface area contributed by atoms with Gasteiger partial charge in [-0.1, -0.05) is 42.5 Å². The molecular formula is C11H12O2S. The molecule has 0 radical (unpaired) electrons. The van der Waals surface area contributed by atoms with Crippen LogP contribution in [0, 0.1) is 0 Å². The lowest BCUT2D eigenvalue weighted by atomic mass is 10.1. The summed E-state index contributed by atoms with van der Waals surface area (Å²) in [5, 5.41) is 0. The second-order valence-corrected chi connectivity index (χ2v) is 3.30. The Morgan fingerprint density at radius 3 is 2.57 bits per heavy atom. The fraction of sp³-hybridized carbons (Fsp3) is 0.273. The van der Waals surface area contributed by atoms with E-state index in [1.165, 1.54) is 0 Å². The van der Waals surface area contributed by atoms with Crippen LogP contribution in [0.15, 0.2) is 30.3 Å². The first-order valence-electron chi connectivity index (χ1n) is 4.48. The van der Waals surface area contributed by atoms with Crippen molar-refractivity contribution in [1.29, 1.82) is 0 Å². The van der Waals surface area contributed by atoms with Crippen molar-refractivity contribution in [3.8, 4) is 0 Å². The third kappa shape index (κ3) is 3.26. The maximum absolute atomic E-state index is 11.2. The number of hydrogen-bond acceptors (Lipinski definition) is 3. The van der Waals surface area contributed by atoms with E-state index in [4.69, 9.17) is 17.0 Å². The quantitative estimate of drug-likeness (QED) is 0.560. The standard InChI is InChI=1S/C11H12O2S/c1-2-13-11(12)10(14)8-9-6-4-3-5-7-9/h3-7H,2,8H2,1H3. The van der Waals surface area contributed by atoms with Gasteiger partial charge in [-0.25, -0.2) is 4.79 Å². The number of benzene rings is 1. The van der Waals surface area contributed by atoms with Crippen molar-refractivity contribution < 1.29 is 9.53 Å². The number of carbonyl (C=O) groups is 1. The van der Waals surface area contributed by atoms with E-state index in [9.17, 15) is 4.79 Å². The van der Waals surface area contributed by atoms with Crippen LogP contribution < -0.4 is 0 Å². The van der Waals surface area contributed by atoms with Gasteiger partial charge < -0.3 is 4.74 Å². The maximum Gasteiger partial charge on any atom is 0.345 e. The number of esters is 1. The predicted molar refractivity (Wildman–Crippen MR) is 59.4 cm³/mol. The number of ether oxygens (including phenoxy) is 1. The fourth-order valence-electron chi connectivity index (χ4n) is 1.07.